The molecule has 0 aromatic heterocycles. The average molecular weight is 288 g/mol. The van der Waals surface area contributed by atoms with Gasteiger partial charge in [-0.15, -0.1) is 0 Å². The van der Waals surface area contributed by atoms with Crippen LogP contribution >= 0.6 is 15.9 Å². The van der Waals surface area contributed by atoms with Crippen molar-refractivity contribution in [3.8, 4) is 0 Å². The summed E-state index contributed by atoms with van der Waals surface area (Å²) >= 11 is 3.24. The number of halogens is 2. The molecule has 1 aromatic rings. The van der Waals surface area contributed by atoms with Crippen molar-refractivity contribution < 1.29 is 9.50 Å². The topological polar surface area (TPSA) is 23.5 Å². The highest BCUT2D eigenvalue weighted by Gasteiger charge is 2.24. The number of aliphatic hydroxyl groups is 1. The molecule has 4 heteroatoms. The van der Waals surface area contributed by atoms with Gasteiger partial charge in [0.25, 0.3) is 0 Å². The second-order valence-corrected chi connectivity index (χ2v) is 5.10. The van der Waals surface area contributed by atoms with Gasteiger partial charge in [0.2, 0.25) is 0 Å². The summed E-state index contributed by atoms with van der Waals surface area (Å²) < 4.78 is 14.4. The molecule has 1 aliphatic rings. The molecule has 1 N–H and O–H groups in total. The molecule has 1 saturated heterocycles. The number of rotatable bonds is 3. The summed E-state index contributed by atoms with van der Waals surface area (Å²) in [5.74, 6) is -0.182. The quantitative estimate of drug-likeness (QED) is 0.924. The molecular formula is C12H15BrFNO. The number of aliphatic hydroxyl groups excluding tert-OH is 1. The minimum Gasteiger partial charge on any atom is -0.395 e. The van der Waals surface area contributed by atoms with Gasteiger partial charge in [0.1, 0.15) is 5.82 Å². The first-order chi connectivity index (χ1) is 7.70. The first kappa shape index (κ1) is 12.0. The van der Waals surface area contributed by atoms with Gasteiger partial charge in [-0.2, -0.15) is 0 Å². The molecule has 16 heavy (non-hydrogen) atoms. The van der Waals surface area contributed by atoms with E-state index < -0.39 is 0 Å². The van der Waals surface area contributed by atoms with Gasteiger partial charge in [-0.3, -0.25) is 4.90 Å². The number of likely N-dealkylation sites (tertiary alicyclic amines) is 1. The maximum Gasteiger partial charge on any atom is 0.128 e. The molecule has 88 valence electrons. The van der Waals surface area contributed by atoms with E-state index in [1.165, 1.54) is 6.07 Å². The van der Waals surface area contributed by atoms with Gasteiger partial charge in [0.15, 0.2) is 0 Å². The monoisotopic (exact) mass is 287 g/mol. The summed E-state index contributed by atoms with van der Waals surface area (Å²) in [6.07, 6.45) is 2.10. The van der Waals surface area contributed by atoms with Crippen LogP contribution in [0.1, 0.15) is 18.4 Å². The van der Waals surface area contributed by atoms with Gasteiger partial charge in [-0.25, -0.2) is 4.39 Å². The summed E-state index contributed by atoms with van der Waals surface area (Å²) in [5.41, 5.74) is 0.698. The number of benzene rings is 1. The zero-order chi connectivity index (χ0) is 11.5. The summed E-state index contributed by atoms with van der Waals surface area (Å²) in [7, 11) is 0. The zero-order valence-electron chi connectivity index (χ0n) is 9.00. The molecule has 1 atom stereocenters. The van der Waals surface area contributed by atoms with Crippen molar-refractivity contribution in [2.75, 3.05) is 13.2 Å². The van der Waals surface area contributed by atoms with E-state index in [0.29, 0.717) is 12.1 Å². The van der Waals surface area contributed by atoms with Crippen molar-refractivity contribution in [1.29, 1.82) is 0 Å². The van der Waals surface area contributed by atoms with Crippen LogP contribution in [-0.4, -0.2) is 29.2 Å². The van der Waals surface area contributed by atoms with Crippen molar-refractivity contribution in [3.63, 3.8) is 0 Å². The highest BCUT2D eigenvalue weighted by atomic mass is 79.9. The van der Waals surface area contributed by atoms with Crippen LogP contribution in [0.2, 0.25) is 0 Å². The third-order valence-corrected chi connectivity index (χ3v) is 3.59. The molecule has 0 spiro atoms. The fourth-order valence-corrected chi connectivity index (χ4v) is 2.51. The van der Waals surface area contributed by atoms with Crippen molar-refractivity contribution in [2.45, 2.75) is 25.4 Å². The lowest BCUT2D eigenvalue weighted by Gasteiger charge is -2.22. The van der Waals surface area contributed by atoms with Crippen molar-refractivity contribution in [3.05, 3.63) is 34.1 Å². The summed E-state index contributed by atoms with van der Waals surface area (Å²) in [6, 6.07) is 5.33. The van der Waals surface area contributed by atoms with Crippen molar-refractivity contribution >= 4 is 15.9 Å². The van der Waals surface area contributed by atoms with E-state index in [9.17, 15) is 9.50 Å². The predicted octanol–water partition coefficient (Wildman–Crippen LogP) is 2.54. The van der Waals surface area contributed by atoms with Crippen LogP contribution in [0.3, 0.4) is 0 Å². The Labute approximate surface area is 103 Å². The molecule has 0 bridgehead atoms. The first-order valence-corrected chi connectivity index (χ1v) is 6.29. The van der Waals surface area contributed by atoms with Crippen LogP contribution in [0.15, 0.2) is 22.7 Å². The molecule has 0 saturated carbocycles. The van der Waals surface area contributed by atoms with Crippen LogP contribution in [0.25, 0.3) is 0 Å². The first-order valence-electron chi connectivity index (χ1n) is 5.49. The standard InChI is InChI=1S/C12H15BrFNO/c13-10-4-3-9(12(14)6-10)7-15-5-1-2-11(15)8-16/h3-4,6,11,16H,1-2,5,7-8H2. The molecule has 2 rings (SSSR count). The van der Waals surface area contributed by atoms with Gasteiger partial charge in [0, 0.05) is 22.6 Å². The van der Waals surface area contributed by atoms with E-state index >= 15 is 0 Å². The number of hydrogen-bond donors (Lipinski definition) is 1. The zero-order valence-corrected chi connectivity index (χ0v) is 10.6. The van der Waals surface area contributed by atoms with Crippen LogP contribution in [0.5, 0.6) is 0 Å². The lowest BCUT2D eigenvalue weighted by molar-refractivity contribution is 0.152. The SMILES string of the molecule is OCC1CCCN1Cc1ccc(Br)cc1F. The molecule has 1 heterocycles. The normalized spacial score (nSPS) is 21.6. The summed E-state index contributed by atoms with van der Waals surface area (Å²) in [4.78, 5) is 2.15. The third-order valence-electron chi connectivity index (χ3n) is 3.10. The van der Waals surface area contributed by atoms with Gasteiger partial charge < -0.3 is 5.11 Å². The maximum atomic E-state index is 13.6. The van der Waals surface area contributed by atoms with E-state index in [1.807, 2.05) is 6.07 Å². The van der Waals surface area contributed by atoms with Crippen LogP contribution in [-0.2, 0) is 6.54 Å². The molecule has 0 aliphatic carbocycles. The van der Waals surface area contributed by atoms with Crippen LogP contribution in [0.4, 0.5) is 4.39 Å². The Bertz CT molecular complexity index is 372. The fourth-order valence-electron chi connectivity index (χ4n) is 2.18. The Kier molecular flexibility index (Phi) is 3.95. The Hall–Kier alpha value is -0.450. The number of hydrogen-bond acceptors (Lipinski definition) is 2. The molecule has 2 nitrogen and oxygen atoms in total. The Balaban J connectivity index is 2.08. The Morgan fingerprint density at radius 1 is 1.50 bits per heavy atom. The molecule has 0 radical (unpaired) electrons. The lowest BCUT2D eigenvalue weighted by Crippen LogP contribution is -2.31. The second kappa shape index (κ2) is 5.25. The number of nitrogens with zero attached hydrogens (tertiary/aromatic N) is 1. The third kappa shape index (κ3) is 2.62. The summed E-state index contributed by atoms with van der Waals surface area (Å²) in [6.45, 7) is 1.70. The van der Waals surface area contributed by atoms with Gasteiger partial charge in [-0.05, 0) is 31.5 Å². The molecule has 1 unspecified atom stereocenters. The van der Waals surface area contributed by atoms with Crippen molar-refractivity contribution in [1.82, 2.24) is 4.90 Å². The second-order valence-electron chi connectivity index (χ2n) is 4.18. The Morgan fingerprint density at radius 2 is 2.31 bits per heavy atom. The smallest absolute Gasteiger partial charge is 0.128 e. The predicted molar refractivity (Wildman–Crippen MR) is 64.6 cm³/mol. The van der Waals surface area contributed by atoms with Crippen molar-refractivity contribution in [2.24, 2.45) is 0 Å². The highest BCUT2D eigenvalue weighted by Crippen LogP contribution is 2.22. The van der Waals surface area contributed by atoms with Gasteiger partial charge in [0.05, 0.1) is 6.61 Å². The average Bonchev–Trinajstić information content (AvgIpc) is 2.69. The maximum absolute atomic E-state index is 13.6. The van der Waals surface area contributed by atoms with Gasteiger partial charge in [-0.1, -0.05) is 22.0 Å². The molecule has 1 aromatic carbocycles. The van der Waals surface area contributed by atoms with Gasteiger partial charge >= 0.3 is 0 Å². The van der Waals surface area contributed by atoms with E-state index in [2.05, 4.69) is 20.8 Å². The highest BCUT2D eigenvalue weighted by molar-refractivity contribution is 9.10. The molecule has 1 fully saturated rings. The fraction of sp³-hybridized carbons (Fsp3) is 0.500. The minimum atomic E-state index is -0.182. The van der Waals surface area contributed by atoms with E-state index in [1.54, 1.807) is 6.07 Å². The van der Waals surface area contributed by atoms with E-state index in [0.717, 1.165) is 23.9 Å². The van der Waals surface area contributed by atoms with Crippen LogP contribution in [0, 0.1) is 5.82 Å². The van der Waals surface area contributed by atoms with E-state index in [4.69, 9.17) is 0 Å². The molecular weight excluding hydrogens is 273 g/mol. The van der Waals surface area contributed by atoms with Crippen LogP contribution < -0.4 is 0 Å². The lowest BCUT2D eigenvalue weighted by atomic mass is 10.2. The molecule has 1 aliphatic heterocycles. The molecule has 0 amide bonds. The largest absolute Gasteiger partial charge is 0.395 e. The Morgan fingerprint density at radius 3 is 3.00 bits per heavy atom. The minimum absolute atomic E-state index is 0.165. The van der Waals surface area contributed by atoms with E-state index in [-0.39, 0.29) is 18.5 Å². The summed E-state index contributed by atoms with van der Waals surface area (Å²) in [5, 5.41) is 9.18.